The molecule has 0 amide bonds. The molecule has 1 aromatic rings. The van der Waals surface area contributed by atoms with Crippen LogP contribution in [0.3, 0.4) is 0 Å². The molecule has 0 aliphatic heterocycles. The first kappa shape index (κ1) is 10.2. The van der Waals surface area contributed by atoms with Crippen molar-refractivity contribution >= 4 is 0 Å². The number of pyridine rings is 1. The van der Waals surface area contributed by atoms with E-state index in [9.17, 15) is 5.11 Å². The van der Waals surface area contributed by atoms with Gasteiger partial charge in [-0.1, -0.05) is 6.92 Å². The molecule has 1 rings (SSSR count). The molecule has 3 N–H and O–H groups in total. The summed E-state index contributed by atoms with van der Waals surface area (Å²) in [5.41, 5.74) is 7.92. The molecule has 0 bridgehead atoms. The molecule has 1 heterocycles. The number of rotatable bonds is 3. The number of nitrogens with two attached hydrogens (primary N) is 1. The van der Waals surface area contributed by atoms with E-state index in [-0.39, 0.29) is 6.04 Å². The van der Waals surface area contributed by atoms with Crippen LogP contribution in [0.15, 0.2) is 18.5 Å². The molecule has 1 aromatic heterocycles. The molecular weight excluding hydrogens is 164 g/mol. The molecule has 0 saturated carbocycles. The van der Waals surface area contributed by atoms with Gasteiger partial charge >= 0.3 is 0 Å². The van der Waals surface area contributed by atoms with Gasteiger partial charge in [0.05, 0.1) is 12.1 Å². The molecule has 0 aliphatic carbocycles. The molecule has 3 nitrogen and oxygen atoms in total. The summed E-state index contributed by atoms with van der Waals surface area (Å²) in [7, 11) is 0. The normalized spacial score (nSPS) is 15.4. The first-order valence-electron chi connectivity index (χ1n) is 4.53. The average molecular weight is 180 g/mol. The highest BCUT2D eigenvalue weighted by Gasteiger charge is 2.14. The molecule has 3 heteroatoms. The van der Waals surface area contributed by atoms with Gasteiger partial charge in [0.1, 0.15) is 0 Å². The summed E-state index contributed by atoms with van der Waals surface area (Å²) < 4.78 is 0. The monoisotopic (exact) mass is 180 g/mol. The largest absolute Gasteiger partial charge is 0.391 e. The van der Waals surface area contributed by atoms with Gasteiger partial charge in [-0.3, -0.25) is 4.98 Å². The second kappa shape index (κ2) is 4.35. The van der Waals surface area contributed by atoms with Crippen LogP contribution in [0.2, 0.25) is 0 Å². The molecule has 0 saturated heterocycles. The van der Waals surface area contributed by atoms with Gasteiger partial charge in [-0.05, 0) is 30.5 Å². The number of aryl methyl sites for hydroxylation is 1. The molecule has 2 atom stereocenters. The summed E-state index contributed by atoms with van der Waals surface area (Å²) in [5.74, 6) is 0. The van der Waals surface area contributed by atoms with Crippen LogP contribution in [-0.2, 0) is 6.42 Å². The van der Waals surface area contributed by atoms with Crippen LogP contribution in [-0.4, -0.2) is 16.2 Å². The van der Waals surface area contributed by atoms with Gasteiger partial charge < -0.3 is 10.8 Å². The lowest BCUT2D eigenvalue weighted by molar-refractivity contribution is 0.164. The Morgan fingerprint density at radius 1 is 1.62 bits per heavy atom. The maximum atomic E-state index is 9.34. The Hall–Kier alpha value is -0.930. The minimum Gasteiger partial charge on any atom is -0.391 e. The van der Waals surface area contributed by atoms with Crippen molar-refractivity contribution in [3.63, 3.8) is 0 Å². The van der Waals surface area contributed by atoms with Crippen LogP contribution in [0.5, 0.6) is 0 Å². The summed E-state index contributed by atoms with van der Waals surface area (Å²) in [6.07, 6.45) is 3.86. The Morgan fingerprint density at radius 3 is 2.85 bits per heavy atom. The number of nitrogens with zero attached hydrogens (tertiary/aromatic N) is 1. The lowest BCUT2D eigenvalue weighted by Gasteiger charge is -2.17. The second-order valence-electron chi connectivity index (χ2n) is 3.19. The smallest absolute Gasteiger partial charge is 0.0705 e. The Labute approximate surface area is 78.6 Å². The second-order valence-corrected chi connectivity index (χ2v) is 3.19. The zero-order chi connectivity index (χ0) is 9.84. The molecule has 0 radical (unpaired) electrons. The van der Waals surface area contributed by atoms with Crippen LogP contribution in [0.25, 0.3) is 0 Å². The van der Waals surface area contributed by atoms with Crippen LogP contribution in [0.4, 0.5) is 0 Å². The van der Waals surface area contributed by atoms with E-state index in [1.54, 1.807) is 19.3 Å². The van der Waals surface area contributed by atoms with Crippen molar-refractivity contribution < 1.29 is 5.11 Å². The van der Waals surface area contributed by atoms with Crippen molar-refractivity contribution in [1.29, 1.82) is 0 Å². The summed E-state index contributed by atoms with van der Waals surface area (Å²) in [6, 6.07) is 1.61. The van der Waals surface area contributed by atoms with E-state index in [4.69, 9.17) is 5.73 Å². The van der Waals surface area contributed by atoms with Gasteiger partial charge in [0.25, 0.3) is 0 Å². The quantitative estimate of drug-likeness (QED) is 0.730. The van der Waals surface area contributed by atoms with Crippen LogP contribution in [0.1, 0.15) is 31.0 Å². The van der Waals surface area contributed by atoms with Crippen LogP contribution >= 0.6 is 0 Å². The van der Waals surface area contributed by atoms with Crippen molar-refractivity contribution in [1.82, 2.24) is 4.98 Å². The highest BCUT2D eigenvalue weighted by Crippen LogP contribution is 2.17. The van der Waals surface area contributed by atoms with Crippen LogP contribution < -0.4 is 5.73 Å². The standard InChI is InChI=1S/C10H16N2O/c1-3-8-4-5-12-6-9(8)10(11)7(2)13/h4-7,10,13H,3,11H2,1-2H3/t7-,10+/m1/s1. The van der Waals surface area contributed by atoms with Crippen molar-refractivity contribution in [3.8, 4) is 0 Å². The zero-order valence-corrected chi connectivity index (χ0v) is 8.07. The van der Waals surface area contributed by atoms with E-state index in [0.717, 1.165) is 17.5 Å². The lowest BCUT2D eigenvalue weighted by Crippen LogP contribution is -2.24. The summed E-state index contributed by atoms with van der Waals surface area (Å²) in [5, 5.41) is 9.34. The van der Waals surface area contributed by atoms with Gasteiger partial charge in [0.2, 0.25) is 0 Å². The number of hydrogen-bond acceptors (Lipinski definition) is 3. The van der Waals surface area contributed by atoms with Crippen molar-refractivity contribution in [2.45, 2.75) is 32.4 Å². The van der Waals surface area contributed by atoms with E-state index in [2.05, 4.69) is 11.9 Å². The van der Waals surface area contributed by atoms with E-state index in [1.165, 1.54) is 0 Å². The molecule has 0 unspecified atom stereocenters. The molecular formula is C10H16N2O. The highest BCUT2D eigenvalue weighted by atomic mass is 16.3. The zero-order valence-electron chi connectivity index (χ0n) is 8.07. The third-order valence-electron chi connectivity index (χ3n) is 2.21. The van der Waals surface area contributed by atoms with Gasteiger partial charge in [0.15, 0.2) is 0 Å². The number of aromatic nitrogens is 1. The van der Waals surface area contributed by atoms with E-state index < -0.39 is 6.10 Å². The Kier molecular flexibility index (Phi) is 3.39. The molecule has 72 valence electrons. The minimum atomic E-state index is -0.533. The van der Waals surface area contributed by atoms with E-state index in [1.807, 2.05) is 6.07 Å². The van der Waals surface area contributed by atoms with Crippen LogP contribution in [0, 0.1) is 0 Å². The highest BCUT2D eigenvalue weighted by molar-refractivity contribution is 5.26. The third-order valence-corrected chi connectivity index (χ3v) is 2.21. The van der Waals surface area contributed by atoms with E-state index >= 15 is 0 Å². The van der Waals surface area contributed by atoms with Crippen molar-refractivity contribution in [3.05, 3.63) is 29.6 Å². The third kappa shape index (κ3) is 2.26. The van der Waals surface area contributed by atoms with Gasteiger partial charge in [-0.15, -0.1) is 0 Å². The maximum absolute atomic E-state index is 9.34. The average Bonchev–Trinajstić information content (AvgIpc) is 2.16. The number of hydrogen-bond donors (Lipinski definition) is 2. The van der Waals surface area contributed by atoms with Gasteiger partial charge in [0, 0.05) is 12.4 Å². The Balaban J connectivity index is 2.98. The fourth-order valence-corrected chi connectivity index (χ4v) is 1.32. The Bertz CT molecular complexity index is 273. The summed E-state index contributed by atoms with van der Waals surface area (Å²) in [4.78, 5) is 4.01. The van der Waals surface area contributed by atoms with Crippen molar-refractivity contribution in [2.24, 2.45) is 5.73 Å². The SMILES string of the molecule is CCc1ccncc1[C@@H](N)[C@@H](C)O. The van der Waals surface area contributed by atoms with Gasteiger partial charge in [-0.25, -0.2) is 0 Å². The van der Waals surface area contributed by atoms with Gasteiger partial charge in [-0.2, -0.15) is 0 Å². The molecule has 0 spiro atoms. The predicted octanol–water partition coefficient (Wildman–Crippen LogP) is 1.02. The summed E-state index contributed by atoms with van der Waals surface area (Å²) in [6.45, 7) is 3.75. The molecule has 0 aromatic carbocycles. The Morgan fingerprint density at radius 2 is 2.31 bits per heavy atom. The molecule has 0 aliphatic rings. The molecule has 13 heavy (non-hydrogen) atoms. The molecule has 0 fully saturated rings. The number of aliphatic hydroxyl groups excluding tert-OH is 1. The number of aliphatic hydroxyl groups is 1. The minimum absolute atomic E-state index is 0.330. The fraction of sp³-hybridized carbons (Fsp3) is 0.500. The maximum Gasteiger partial charge on any atom is 0.0705 e. The predicted molar refractivity (Wildman–Crippen MR) is 52.2 cm³/mol. The lowest BCUT2D eigenvalue weighted by atomic mass is 9.99. The summed E-state index contributed by atoms with van der Waals surface area (Å²) >= 11 is 0. The fourth-order valence-electron chi connectivity index (χ4n) is 1.32. The topological polar surface area (TPSA) is 59.1 Å². The first-order valence-corrected chi connectivity index (χ1v) is 4.53. The first-order chi connectivity index (χ1) is 6.16. The van der Waals surface area contributed by atoms with Crippen molar-refractivity contribution in [2.75, 3.05) is 0 Å². The van der Waals surface area contributed by atoms with E-state index in [0.29, 0.717) is 0 Å².